The first kappa shape index (κ1) is 22.8. The van der Waals surface area contributed by atoms with Gasteiger partial charge in [0.25, 0.3) is 0 Å². The van der Waals surface area contributed by atoms with E-state index in [9.17, 15) is 19.5 Å². The molecule has 1 saturated heterocycles. The molecule has 0 aromatic heterocycles. The fourth-order valence-electron chi connectivity index (χ4n) is 4.70. The van der Waals surface area contributed by atoms with E-state index in [0.29, 0.717) is 19.4 Å². The number of fused-ring (bicyclic) bond motifs is 3. The summed E-state index contributed by atoms with van der Waals surface area (Å²) in [6, 6.07) is 16.2. The van der Waals surface area contributed by atoms with E-state index >= 15 is 0 Å². The molecular weight excluding hydrogens is 424 g/mol. The van der Waals surface area contributed by atoms with Crippen LogP contribution in [0, 0.1) is 0 Å². The molecule has 8 heteroatoms. The minimum absolute atomic E-state index is 0.0129. The zero-order valence-corrected chi connectivity index (χ0v) is 18.6. The molecule has 2 aromatic carbocycles. The number of rotatable bonds is 8. The molecule has 0 saturated carbocycles. The fraction of sp³-hybridized carbons (Fsp3) is 0.400. The van der Waals surface area contributed by atoms with E-state index in [2.05, 4.69) is 29.6 Å². The maximum Gasteiger partial charge on any atom is 0.407 e. The van der Waals surface area contributed by atoms with Crippen molar-refractivity contribution in [1.82, 2.24) is 10.2 Å². The van der Waals surface area contributed by atoms with Gasteiger partial charge >= 0.3 is 12.1 Å². The summed E-state index contributed by atoms with van der Waals surface area (Å²) in [5, 5.41) is 12.0. The summed E-state index contributed by atoms with van der Waals surface area (Å²) in [6.45, 7) is 2.26. The molecule has 2 N–H and O–H groups in total. The minimum Gasteiger partial charge on any atom is -0.480 e. The number of hydrogen-bond donors (Lipinski definition) is 2. The van der Waals surface area contributed by atoms with Crippen LogP contribution in [-0.4, -0.2) is 66.4 Å². The minimum atomic E-state index is -1.18. The van der Waals surface area contributed by atoms with Gasteiger partial charge in [0.1, 0.15) is 18.8 Å². The second-order valence-electron chi connectivity index (χ2n) is 8.53. The predicted octanol–water partition coefficient (Wildman–Crippen LogP) is 3.01. The van der Waals surface area contributed by atoms with Crippen molar-refractivity contribution in [2.45, 2.75) is 31.2 Å². The van der Waals surface area contributed by atoms with E-state index in [1.165, 1.54) is 4.90 Å². The molecule has 8 nitrogen and oxygen atoms in total. The molecule has 1 unspecified atom stereocenters. The van der Waals surface area contributed by atoms with E-state index < -0.39 is 17.6 Å². The van der Waals surface area contributed by atoms with Crippen LogP contribution >= 0.6 is 0 Å². The van der Waals surface area contributed by atoms with Gasteiger partial charge in [-0.05, 0) is 42.0 Å². The van der Waals surface area contributed by atoms with E-state index in [4.69, 9.17) is 9.47 Å². The summed E-state index contributed by atoms with van der Waals surface area (Å²) in [4.78, 5) is 37.3. The number of nitrogens with zero attached hydrogens (tertiary/aromatic N) is 1. The van der Waals surface area contributed by atoms with Crippen LogP contribution in [0.1, 0.15) is 36.8 Å². The van der Waals surface area contributed by atoms with Crippen LogP contribution in [0.3, 0.4) is 0 Å². The summed E-state index contributed by atoms with van der Waals surface area (Å²) < 4.78 is 10.8. The van der Waals surface area contributed by atoms with Gasteiger partial charge in [-0.1, -0.05) is 48.5 Å². The molecular formula is C25H28N2O6. The van der Waals surface area contributed by atoms with Crippen LogP contribution in [0.5, 0.6) is 0 Å². The number of carboxylic acids is 1. The lowest BCUT2D eigenvalue weighted by Crippen LogP contribution is -2.52. The van der Waals surface area contributed by atoms with Gasteiger partial charge in [0.2, 0.25) is 5.91 Å². The Labute approximate surface area is 192 Å². The number of amides is 2. The van der Waals surface area contributed by atoms with Gasteiger partial charge in [0, 0.05) is 19.0 Å². The first-order valence-electron chi connectivity index (χ1n) is 11.1. The van der Waals surface area contributed by atoms with Crippen molar-refractivity contribution >= 4 is 18.0 Å². The van der Waals surface area contributed by atoms with E-state index in [1.54, 1.807) is 6.92 Å². The predicted molar refractivity (Wildman–Crippen MR) is 121 cm³/mol. The Morgan fingerprint density at radius 1 is 1.09 bits per heavy atom. The quantitative estimate of drug-likeness (QED) is 0.597. The molecule has 1 fully saturated rings. The number of hydrogen-bond acceptors (Lipinski definition) is 5. The van der Waals surface area contributed by atoms with Crippen molar-refractivity contribution in [2.24, 2.45) is 0 Å². The Hall–Kier alpha value is -3.39. The Morgan fingerprint density at radius 2 is 1.73 bits per heavy atom. The highest BCUT2D eigenvalue weighted by molar-refractivity contribution is 5.88. The Morgan fingerprint density at radius 3 is 2.36 bits per heavy atom. The number of likely N-dealkylation sites (tertiary alicyclic amines) is 1. The van der Waals surface area contributed by atoms with Crippen molar-refractivity contribution in [1.29, 1.82) is 0 Å². The largest absolute Gasteiger partial charge is 0.480 e. The molecule has 4 rings (SSSR count). The van der Waals surface area contributed by atoms with Crippen molar-refractivity contribution < 1.29 is 29.0 Å². The fourth-order valence-corrected chi connectivity index (χ4v) is 4.70. The van der Waals surface area contributed by atoms with Crippen LogP contribution in [0.25, 0.3) is 11.1 Å². The number of alkyl carbamates (subject to hydrolysis) is 1. The Bertz CT molecular complexity index is 1010. The van der Waals surface area contributed by atoms with Gasteiger partial charge in [-0.3, -0.25) is 4.79 Å². The summed E-state index contributed by atoms with van der Waals surface area (Å²) in [5.74, 6) is -1.38. The van der Waals surface area contributed by atoms with E-state index in [-0.39, 0.29) is 38.2 Å². The first-order chi connectivity index (χ1) is 15.9. The van der Waals surface area contributed by atoms with Gasteiger partial charge in [-0.15, -0.1) is 0 Å². The van der Waals surface area contributed by atoms with Gasteiger partial charge in [-0.25, -0.2) is 9.59 Å². The molecule has 1 atom stereocenters. The lowest BCUT2D eigenvalue weighted by atomic mass is 9.98. The maximum atomic E-state index is 12.3. The zero-order valence-electron chi connectivity index (χ0n) is 18.6. The second-order valence-corrected chi connectivity index (χ2v) is 8.53. The van der Waals surface area contributed by atoms with E-state index in [0.717, 1.165) is 22.3 Å². The first-order valence-corrected chi connectivity index (χ1v) is 11.1. The maximum absolute atomic E-state index is 12.3. The number of benzene rings is 2. The van der Waals surface area contributed by atoms with Gasteiger partial charge in [-0.2, -0.15) is 0 Å². The summed E-state index contributed by atoms with van der Waals surface area (Å²) >= 11 is 0. The average molecular weight is 453 g/mol. The molecule has 1 heterocycles. The molecule has 0 radical (unpaired) electrons. The number of carbonyl (C=O) groups is 3. The molecule has 0 bridgehead atoms. The summed E-state index contributed by atoms with van der Waals surface area (Å²) in [7, 11) is 0. The number of aliphatic carboxylic acids is 1. The third-order valence-corrected chi connectivity index (χ3v) is 6.49. The third kappa shape index (κ3) is 4.57. The zero-order chi connectivity index (χ0) is 23.4. The molecule has 2 amide bonds. The van der Waals surface area contributed by atoms with Crippen molar-refractivity contribution in [2.75, 3.05) is 32.9 Å². The molecule has 174 valence electrons. The van der Waals surface area contributed by atoms with Crippen LogP contribution in [-0.2, 0) is 19.1 Å². The standard InChI is InChI=1S/C25H28N2O6/c1-25(23(29)30)11-6-13-27(25)22(28)16-32-14-12-26-24(31)33-15-21-19-9-4-2-7-17(19)18-8-3-5-10-20(18)21/h2-5,7-10,21H,6,11-16H2,1H3,(H,26,31)(H,29,30). The Balaban J connectivity index is 1.20. The topological polar surface area (TPSA) is 105 Å². The molecule has 0 spiro atoms. The lowest BCUT2D eigenvalue weighted by molar-refractivity contribution is -0.157. The highest BCUT2D eigenvalue weighted by atomic mass is 16.5. The molecule has 1 aliphatic heterocycles. The number of carboxylic acid groups (broad SMARTS) is 1. The average Bonchev–Trinajstić information content (AvgIpc) is 3.36. The third-order valence-electron chi connectivity index (χ3n) is 6.49. The van der Waals surface area contributed by atoms with Crippen LogP contribution in [0.4, 0.5) is 4.79 Å². The smallest absolute Gasteiger partial charge is 0.407 e. The molecule has 1 aliphatic carbocycles. The number of ether oxygens (including phenoxy) is 2. The SMILES string of the molecule is CC1(C(=O)O)CCCN1C(=O)COCCNC(=O)OCC1c2ccccc2-c2ccccc21. The summed E-state index contributed by atoms with van der Waals surface area (Å²) in [6.07, 6.45) is 0.528. The van der Waals surface area contributed by atoms with Crippen LogP contribution in [0.15, 0.2) is 48.5 Å². The van der Waals surface area contributed by atoms with Gasteiger partial charge in [0.15, 0.2) is 0 Å². The normalized spacial score (nSPS) is 19.1. The summed E-state index contributed by atoms with van der Waals surface area (Å²) in [5.41, 5.74) is 3.43. The molecule has 2 aliphatic rings. The van der Waals surface area contributed by atoms with Gasteiger partial charge in [0.05, 0.1) is 6.61 Å². The van der Waals surface area contributed by atoms with Crippen molar-refractivity contribution in [3.8, 4) is 11.1 Å². The monoisotopic (exact) mass is 452 g/mol. The molecule has 33 heavy (non-hydrogen) atoms. The highest BCUT2D eigenvalue weighted by Crippen LogP contribution is 2.44. The van der Waals surface area contributed by atoms with Gasteiger partial charge < -0.3 is 24.8 Å². The van der Waals surface area contributed by atoms with E-state index in [1.807, 2.05) is 24.3 Å². The Kier molecular flexibility index (Phi) is 6.65. The molecule has 2 aromatic rings. The lowest BCUT2D eigenvalue weighted by Gasteiger charge is -2.31. The highest BCUT2D eigenvalue weighted by Gasteiger charge is 2.45. The van der Waals surface area contributed by atoms with Crippen LogP contribution < -0.4 is 5.32 Å². The van der Waals surface area contributed by atoms with Crippen molar-refractivity contribution in [3.05, 3.63) is 59.7 Å². The number of nitrogens with one attached hydrogen (secondary N) is 1. The van der Waals surface area contributed by atoms with Crippen LogP contribution in [0.2, 0.25) is 0 Å². The van der Waals surface area contributed by atoms with Crippen molar-refractivity contribution in [3.63, 3.8) is 0 Å². The second kappa shape index (κ2) is 9.62. The number of carbonyl (C=O) groups excluding carboxylic acids is 2.